The molecule has 1 N–H and O–H groups in total. The number of hydrogen-bond donors (Lipinski definition) is 1. The minimum absolute atomic E-state index is 0.359. The van der Waals surface area contributed by atoms with Gasteiger partial charge in [-0.1, -0.05) is 24.3 Å². The number of fused-ring (bicyclic) bond motifs is 1. The van der Waals surface area contributed by atoms with Crippen LogP contribution >= 0.6 is 11.3 Å². The predicted octanol–water partition coefficient (Wildman–Crippen LogP) is 5.88. The number of para-hydroxylation sites is 1. The molecule has 2 aromatic carbocycles. The number of aromatic nitrogens is 2. The van der Waals surface area contributed by atoms with Gasteiger partial charge in [0.05, 0.1) is 12.7 Å². The normalized spacial score (nSPS) is 11.1. The fraction of sp³-hybridized carbons (Fsp3) is 0.190. The Kier molecular flexibility index (Phi) is 4.36. The number of rotatable bonds is 4. The van der Waals surface area contributed by atoms with E-state index in [1.807, 2.05) is 22.8 Å². The molecule has 0 saturated heterocycles. The molecule has 4 rings (SSSR count). The highest BCUT2D eigenvalue weighted by molar-refractivity contribution is 7.15. The van der Waals surface area contributed by atoms with E-state index in [2.05, 4.69) is 31.3 Å². The van der Waals surface area contributed by atoms with Gasteiger partial charge in [0.25, 0.3) is 0 Å². The van der Waals surface area contributed by atoms with Crippen molar-refractivity contribution in [2.24, 2.45) is 0 Å². The van der Waals surface area contributed by atoms with Crippen LogP contribution < -0.4 is 10.1 Å². The zero-order chi connectivity index (χ0) is 19.1. The van der Waals surface area contributed by atoms with Crippen LogP contribution in [0, 0.1) is 26.6 Å². The van der Waals surface area contributed by atoms with Crippen LogP contribution in [-0.4, -0.2) is 16.5 Å². The maximum Gasteiger partial charge on any atom is 0.196 e. The zero-order valence-electron chi connectivity index (χ0n) is 15.6. The van der Waals surface area contributed by atoms with Gasteiger partial charge in [-0.2, -0.15) is 0 Å². The molecule has 0 atom stereocenters. The van der Waals surface area contributed by atoms with Gasteiger partial charge in [-0.3, -0.25) is 4.40 Å². The molecule has 0 amide bonds. The van der Waals surface area contributed by atoms with Crippen molar-refractivity contribution in [3.63, 3.8) is 0 Å². The maximum absolute atomic E-state index is 14.8. The topological polar surface area (TPSA) is 38.6 Å². The van der Waals surface area contributed by atoms with Crippen LogP contribution in [0.4, 0.5) is 15.9 Å². The third-order valence-corrected chi connectivity index (χ3v) is 5.63. The Morgan fingerprint density at radius 1 is 1.07 bits per heavy atom. The fourth-order valence-electron chi connectivity index (χ4n) is 3.32. The second kappa shape index (κ2) is 6.70. The number of methoxy groups -OCH3 is 1. The number of imidazole rings is 1. The summed E-state index contributed by atoms with van der Waals surface area (Å²) in [5, 5.41) is 5.56. The first-order chi connectivity index (χ1) is 13.0. The Bertz CT molecular complexity index is 1130. The van der Waals surface area contributed by atoms with Crippen LogP contribution in [0.1, 0.15) is 16.8 Å². The lowest BCUT2D eigenvalue weighted by atomic mass is 10.1. The molecule has 0 fully saturated rings. The van der Waals surface area contributed by atoms with E-state index in [1.54, 1.807) is 19.2 Å². The van der Waals surface area contributed by atoms with Crippen molar-refractivity contribution in [2.75, 3.05) is 12.4 Å². The minimum Gasteiger partial charge on any atom is -0.496 e. The summed E-state index contributed by atoms with van der Waals surface area (Å²) in [6.07, 6.45) is 0. The molecule has 27 heavy (non-hydrogen) atoms. The van der Waals surface area contributed by atoms with Gasteiger partial charge in [-0.25, -0.2) is 9.37 Å². The second-order valence-corrected chi connectivity index (χ2v) is 7.35. The SMILES string of the molecule is COc1cccc(F)c1-c1nc2scc(C)n2c1Nc1c(C)cccc1C. The molecule has 0 aliphatic carbocycles. The Hall–Kier alpha value is -2.86. The molecule has 0 aliphatic heterocycles. The number of anilines is 2. The van der Waals surface area contributed by atoms with E-state index in [9.17, 15) is 4.39 Å². The first-order valence-electron chi connectivity index (χ1n) is 8.64. The second-order valence-electron chi connectivity index (χ2n) is 6.51. The van der Waals surface area contributed by atoms with Gasteiger partial charge in [0.1, 0.15) is 23.1 Å². The summed E-state index contributed by atoms with van der Waals surface area (Å²) in [5.41, 5.74) is 5.18. The molecular weight excluding hydrogens is 361 g/mol. The zero-order valence-corrected chi connectivity index (χ0v) is 16.4. The number of nitrogens with zero attached hydrogens (tertiary/aromatic N) is 2. The lowest BCUT2D eigenvalue weighted by molar-refractivity contribution is 0.413. The van der Waals surface area contributed by atoms with Crippen LogP contribution in [-0.2, 0) is 0 Å². The summed E-state index contributed by atoms with van der Waals surface area (Å²) in [7, 11) is 1.54. The largest absolute Gasteiger partial charge is 0.496 e. The molecule has 0 aliphatic rings. The van der Waals surface area contributed by atoms with Gasteiger partial charge in [0.15, 0.2) is 4.96 Å². The Balaban J connectivity index is 2.00. The molecule has 0 saturated carbocycles. The lowest BCUT2D eigenvalue weighted by Crippen LogP contribution is -2.02. The molecule has 2 aromatic heterocycles. The van der Waals surface area contributed by atoms with E-state index in [4.69, 9.17) is 9.72 Å². The maximum atomic E-state index is 14.8. The van der Waals surface area contributed by atoms with Gasteiger partial charge >= 0.3 is 0 Å². The van der Waals surface area contributed by atoms with E-state index in [0.717, 1.165) is 33.3 Å². The number of ether oxygens (including phenoxy) is 1. The highest BCUT2D eigenvalue weighted by Crippen LogP contribution is 2.40. The first-order valence-corrected chi connectivity index (χ1v) is 9.52. The van der Waals surface area contributed by atoms with Crippen molar-refractivity contribution >= 4 is 27.8 Å². The third-order valence-electron chi connectivity index (χ3n) is 4.69. The summed E-state index contributed by atoms with van der Waals surface area (Å²) in [6.45, 7) is 6.12. The standard InChI is InChI=1S/C21H20FN3OS/c1-12-7-5-8-13(2)18(12)23-20-19(24-21-25(20)14(3)11-27-21)17-15(22)9-6-10-16(17)26-4/h5-11,23H,1-4H3. The summed E-state index contributed by atoms with van der Waals surface area (Å²) in [4.78, 5) is 5.53. The van der Waals surface area contributed by atoms with Crippen molar-refractivity contribution in [2.45, 2.75) is 20.8 Å². The van der Waals surface area contributed by atoms with Gasteiger partial charge in [0.2, 0.25) is 0 Å². The lowest BCUT2D eigenvalue weighted by Gasteiger charge is -2.15. The first kappa shape index (κ1) is 17.5. The molecule has 2 heterocycles. The number of thiazole rings is 1. The van der Waals surface area contributed by atoms with E-state index in [1.165, 1.54) is 17.4 Å². The van der Waals surface area contributed by atoms with Crippen molar-refractivity contribution in [3.05, 3.63) is 64.4 Å². The number of hydrogen-bond acceptors (Lipinski definition) is 4. The molecule has 0 radical (unpaired) electrons. The fourth-order valence-corrected chi connectivity index (χ4v) is 4.19. The van der Waals surface area contributed by atoms with Crippen molar-refractivity contribution in [1.29, 1.82) is 0 Å². The molecule has 138 valence electrons. The number of nitrogens with one attached hydrogen (secondary N) is 1. The molecule has 0 bridgehead atoms. The molecule has 6 heteroatoms. The Labute approximate surface area is 161 Å². The highest BCUT2D eigenvalue weighted by atomic mass is 32.1. The van der Waals surface area contributed by atoms with Gasteiger partial charge < -0.3 is 10.1 Å². The molecular formula is C21H20FN3OS. The summed E-state index contributed by atoms with van der Waals surface area (Å²) in [5.74, 6) is 0.842. The van der Waals surface area contributed by atoms with Crippen LogP contribution in [0.15, 0.2) is 41.8 Å². The number of aryl methyl sites for hydroxylation is 3. The minimum atomic E-state index is -0.359. The summed E-state index contributed by atoms with van der Waals surface area (Å²) < 4.78 is 22.2. The van der Waals surface area contributed by atoms with Crippen molar-refractivity contribution in [3.8, 4) is 17.0 Å². The average Bonchev–Trinajstić information content (AvgIpc) is 3.18. The van der Waals surface area contributed by atoms with Crippen LogP contribution in [0.2, 0.25) is 0 Å². The summed E-state index contributed by atoms with van der Waals surface area (Å²) >= 11 is 1.53. The Morgan fingerprint density at radius 3 is 2.48 bits per heavy atom. The van der Waals surface area contributed by atoms with Crippen molar-refractivity contribution in [1.82, 2.24) is 9.38 Å². The van der Waals surface area contributed by atoms with E-state index in [-0.39, 0.29) is 5.82 Å². The van der Waals surface area contributed by atoms with Crippen LogP contribution in [0.3, 0.4) is 0 Å². The third kappa shape index (κ3) is 2.86. The van der Waals surface area contributed by atoms with Gasteiger partial charge in [-0.15, -0.1) is 11.3 Å². The monoisotopic (exact) mass is 381 g/mol. The molecule has 4 nitrogen and oxygen atoms in total. The quantitative estimate of drug-likeness (QED) is 0.480. The number of benzene rings is 2. The molecule has 0 spiro atoms. The van der Waals surface area contributed by atoms with Crippen molar-refractivity contribution < 1.29 is 9.13 Å². The Morgan fingerprint density at radius 2 is 1.78 bits per heavy atom. The smallest absolute Gasteiger partial charge is 0.196 e. The molecule has 4 aromatic rings. The van der Waals surface area contributed by atoms with E-state index >= 15 is 0 Å². The van der Waals surface area contributed by atoms with Crippen LogP contribution in [0.25, 0.3) is 16.2 Å². The highest BCUT2D eigenvalue weighted by Gasteiger charge is 2.23. The van der Waals surface area contributed by atoms with Gasteiger partial charge in [-0.05, 0) is 44.0 Å². The predicted molar refractivity (Wildman–Crippen MR) is 109 cm³/mol. The van der Waals surface area contributed by atoms with E-state index < -0.39 is 0 Å². The number of halogens is 1. The average molecular weight is 381 g/mol. The van der Waals surface area contributed by atoms with Crippen LogP contribution in [0.5, 0.6) is 5.75 Å². The van der Waals surface area contributed by atoms with E-state index in [0.29, 0.717) is 17.0 Å². The summed E-state index contributed by atoms with van der Waals surface area (Å²) in [6, 6.07) is 11.0. The van der Waals surface area contributed by atoms with Gasteiger partial charge in [0, 0.05) is 16.8 Å². The molecule has 0 unspecified atom stereocenters.